The normalized spacial score (nSPS) is 22.9. The predicted octanol–water partition coefficient (Wildman–Crippen LogP) is 1.12. The number of nitrogens with zero attached hydrogens (tertiary/aromatic N) is 1. The highest BCUT2D eigenvalue weighted by Crippen LogP contribution is 2.21. The molecule has 1 aromatic rings. The van der Waals surface area contributed by atoms with Crippen molar-refractivity contribution < 1.29 is 24.2 Å². The van der Waals surface area contributed by atoms with Crippen LogP contribution in [0.1, 0.15) is 24.9 Å². The highest BCUT2D eigenvalue weighted by Gasteiger charge is 2.39. The summed E-state index contributed by atoms with van der Waals surface area (Å²) in [4.78, 5) is 24.3. The molecule has 1 heterocycles. The molecule has 2 amide bonds. The van der Waals surface area contributed by atoms with Crippen LogP contribution in [0, 0.1) is 5.82 Å². The van der Waals surface area contributed by atoms with Gasteiger partial charge in [0.2, 0.25) is 0 Å². The summed E-state index contributed by atoms with van der Waals surface area (Å²) in [6.45, 7) is 1.56. The van der Waals surface area contributed by atoms with Crippen LogP contribution in [0.4, 0.5) is 9.18 Å². The average molecular weight is 296 g/mol. The monoisotopic (exact) mass is 296 g/mol. The van der Waals surface area contributed by atoms with Gasteiger partial charge in [0.1, 0.15) is 11.9 Å². The van der Waals surface area contributed by atoms with Crippen LogP contribution < -0.4 is 5.32 Å². The Hall–Kier alpha value is -2.15. The van der Waals surface area contributed by atoms with Crippen molar-refractivity contribution >= 4 is 12.0 Å². The molecular weight excluding hydrogens is 279 g/mol. The van der Waals surface area contributed by atoms with Crippen LogP contribution in [0.2, 0.25) is 0 Å². The quantitative estimate of drug-likeness (QED) is 0.779. The van der Waals surface area contributed by atoms with Crippen LogP contribution in [-0.2, 0) is 4.79 Å². The lowest BCUT2D eigenvalue weighted by Crippen LogP contribution is -2.46. The van der Waals surface area contributed by atoms with Crippen LogP contribution in [-0.4, -0.2) is 45.8 Å². The summed E-state index contributed by atoms with van der Waals surface area (Å²) in [5, 5.41) is 21.1. The summed E-state index contributed by atoms with van der Waals surface area (Å²) >= 11 is 0. The number of urea groups is 1. The predicted molar refractivity (Wildman–Crippen MR) is 72.1 cm³/mol. The molecule has 1 aliphatic heterocycles. The first-order valence-corrected chi connectivity index (χ1v) is 6.62. The molecule has 2 rings (SSSR count). The Labute approximate surface area is 121 Å². The minimum Gasteiger partial charge on any atom is -0.480 e. The number of hydrogen-bond acceptors (Lipinski definition) is 3. The van der Waals surface area contributed by atoms with Gasteiger partial charge in [-0.2, -0.15) is 0 Å². The molecule has 21 heavy (non-hydrogen) atoms. The zero-order valence-corrected chi connectivity index (χ0v) is 11.5. The molecule has 0 aromatic heterocycles. The van der Waals surface area contributed by atoms with Crippen molar-refractivity contribution in [1.29, 1.82) is 0 Å². The molecule has 3 atom stereocenters. The zero-order chi connectivity index (χ0) is 15.6. The number of rotatable bonds is 3. The number of carboxylic acids is 1. The summed E-state index contributed by atoms with van der Waals surface area (Å²) in [6, 6.07) is 3.74. The molecule has 6 nitrogen and oxygen atoms in total. The number of amides is 2. The summed E-state index contributed by atoms with van der Waals surface area (Å²) in [5.74, 6) is -1.61. The number of aliphatic hydroxyl groups excluding tert-OH is 1. The molecular formula is C14H17FN2O4. The van der Waals surface area contributed by atoms with Crippen LogP contribution >= 0.6 is 0 Å². The second-order valence-electron chi connectivity index (χ2n) is 5.09. The summed E-state index contributed by atoms with van der Waals surface area (Å²) in [5.41, 5.74) is 0.317. The van der Waals surface area contributed by atoms with Crippen molar-refractivity contribution in [2.45, 2.75) is 31.5 Å². The first-order valence-electron chi connectivity index (χ1n) is 6.62. The fourth-order valence-electron chi connectivity index (χ4n) is 2.44. The van der Waals surface area contributed by atoms with Crippen LogP contribution in [0.5, 0.6) is 0 Å². The van der Waals surface area contributed by atoms with E-state index in [2.05, 4.69) is 5.32 Å². The minimum absolute atomic E-state index is 0.00314. The number of aliphatic carboxylic acids is 1. The Bertz CT molecular complexity index is 552. The van der Waals surface area contributed by atoms with Crippen molar-refractivity contribution in [3.05, 3.63) is 35.6 Å². The number of carboxylic acid groups (broad SMARTS) is 1. The molecule has 7 heteroatoms. The maximum atomic E-state index is 13.6. The smallest absolute Gasteiger partial charge is 0.326 e. The Morgan fingerprint density at radius 3 is 2.71 bits per heavy atom. The van der Waals surface area contributed by atoms with E-state index < -0.39 is 36.0 Å². The Morgan fingerprint density at radius 2 is 2.10 bits per heavy atom. The van der Waals surface area contributed by atoms with Gasteiger partial charge < -0.3 is 20.4 Å². The van der Waals surface area contributed by atoms with Crippen molar-refractivity contribution in [1.82, 2.24) is 10.2 Å². The maximum Gasteiger partial charge on any atom is 0.326 e. The summed E-state index contributed by atoms with van der Waals surface area (Å²) in [6.07, 6.45) is -0.864. The van der Waals surface area contributed by atoms with Crippen molar-refractivity contribution in [3.63, 3.8) is 0 Å². The van der Waals surface area contributed by atoms with E-state index in [0.29, 0.717) is 5.56 Å². The average Bonchev–Trinajstić information content (AvgIpc) is 2.81. The highest BCUT2D eigenvalue weighted by molar-refractivity contribution is 5.83. The fourth-order valence-corrected chi connectivity index (χ4v) is 2.44. The lowest BCUT2D eigenvalue weighted by atomic mass is 10.1. The van der Waals surface area contributed by atoms with E-state index >= 15 is 0 Å². The molecule has 114 valence electrons. The number of halogens is 1. The summed E-state index contributed by atoms with van der Waals surface area (Å²) < 4.78 is 13.6. The molecule has 0 aliphatic carbocycles. The minimum atomic E-state index is -1.17. The number of β-amino-alcohol motifs (C(OH)–C–C–N with tert-alkyl or cyclic N) is 1. The number of likely N-dealkylation sites (tertiary alicyclic amines) is 1. The largest absolute Gasteiger partial charge is 0.480 e. The second kappa shape index (κ2) is 6.09. The third-order valence-corrected chi connectivity index (χ3v) is 3.54. The van der Waals surface area contributed by atoms with E-state index in [1.807, 2.05) is 0 Å². The van der Waals surface area contributed by atoms with Gasteiger partial charge in [0.25, 0.3) is 0 Å². The highest BCUT2D eigenvalue weighted by atomic mass is 19.1. The molecule has 0 bridgehead atoms. The number of benzene rings is 1. The standard InChI is InChI=1S/C14H17FN2O4/c1-8(10-4-2-3-5-11(10)15)16-14(21)17-7-9(18)6-12(17)13(19)20/h2-5,8-9,12,18H,6-7H2,1H3,(H,16,21)(H,19,20)/t8?,9-,12-/m0/s1. The third kappa shape index (κ3) is 3.30. The second-order valence-corrected chi connectivity index (χ2v) is 5.09. The summed E-state index contributed by atoms with van der Waals surface area (Å²) in [7, 11) is 0. The van der Waals surface area contributed by atoms with Gasteiger partial charge in [-0.3, -0.25) is 0 Å². The van der Waals surface area contributed by atoms with Crippen LogP contribution in [0.3, 0.4) is 0 Å². The molecule has 0 saturated carbocycles. The number of aliphatic hydroxyl groups is 1. The van der Waals surface area contributed by atoms with Crippen molar-refractivity contribution in [2.75, 3.05) is 6.54 Å². The molecule has 0 radical (unpaired) electrons. The lowest BCUT2D eigenvalue weighted by molar-refractivity contribution is -0.141. The van der Waals surface area contributed by atoms with Gasteiger partial charge >= 0.3 is 12.0 Å². The molecule has 0 spiro atoms. The molecule has 1 saturated heterocycles. The Balaban J connectivity index is 2.07. The van der Waals surface area contributed by atoms with E-state index in [0.717, 1.165) is 4.90 Å². The van der Waals surface area contributed by atoms with E-state index in [1.54, 1.807) is 25.1 Å². The molecule has 1 aliphatic rings. The maximum absolute atomic E-state index is 13.6. The van der Waals surface area contributed by atoms with Gasteiger partial charge in [-0.05, 0) is 13.0 Å². The van der Waals surface area contributed by atoms with E-state index in [1.165, 1.54) is 6.07 Å². The van der Waals surface area contributed by atoms with Gasteiger partial charge in [0, 0.05) is 18.5 Å². The van der Waals surface area contributed by atoms with E-state index in [4.69, 9.17) is 5.11 Å². The fraction of sp³-hybridized carbons (Fsp3) is 0.429. The first-order chi connectivity index (χ1) is 9.90. The molecule has 1 fully saturated rings. The number of hydrogen-bond donors (Lipinski definition) is 3. The van der Waals surface area contributed by atoms with Gasteiger partial charge in [-0.25, -0.2) is 14.0 Å². The van der Waals surface area contributed by atoms with E-state index in [-0.39, 0.29) is 13.0 Å². The molecule has 1 unspecified atom stereocenters. The Kier molecular flexibility index (Phi) is 4.42. The number of carbonyl (C=O) groups is 2. The topological polar surface area (TPSA) is 89.9 Å². The third-order valence-electron chi connectivity index (χ3n) is 3.54. The SMILES string of the molecule is CC(NC(=O)N1C[C@@H](O)C[C@H]1C(=O)O)c1ccccc1F. The number of nitrogens with one attached hydrogen (secondary N) is 1. The van der Waals surface area contributed by atoms with Crippen molar-refractivity contribution in [3.8, 4) is 0 Å². The number of carbonyl (C=O) groups excluding carboxylic acids is 1. The molecule has 3 N–H and O–H groups in total. The van der Waals surface area contributed by atoms with E-state index in [9.17, 15) is 19.1 Å². The first kappa shape index (κ1) is 15.2. The van der Waals surface area contributed by atoms with Crippen LogP contribution in [0.25, 0.3) is 0 Å². The van der Waals surface area contributed by atoms with Gasteiger partial charge in [0.05, 0.1) is 12.1 Å². The van der Waals surface area contributed by atoms with Gasteiger partial charge in [-0.15, -0.1) is 0 Å². The van der Waals surface area contributed by atoms with Crippen LogP contribution in [0.15, 0.2) is 24.3 Å². The lowest BCUT2D eigenvalue weighted by Gasteiger charge is -2.24. The zero-order valence-electron chi connectivity index (χ0n) is 11.5. The Morgan fingerprint density at radius 1 is 1.43 bits per heavy atom. The van der Waals surface area contributed by atoms with Gasteiger partial charge in [0.15, 0.2) is 0 Å². The van der Waals surface area contributed by atoms with Crippen molar-refractivity contribution in [2.24, 2.45) is 0 Å². The van der Waals surface area contributed by atoms with Gasteiger partial charge in [-0.1, -0.05) is 18.2 Å². The molecule has 1 aromatic carbocycles.